The monoisotopic (exact) mass is 516 g/mol. The number of rotatable bonds is 8. The number of hydrogen-bond acceptors (Lipinski definition) is 5. The lowest BCUT2D eigenvalue weighted by Gasteiger charge is -2.25. The molecule has 1 aliphatic heterocycles. The third-order valence-corrected chi connectivity index (χ3v) is 6.55. The van der Waals surface area contributed by atoms with E-state index in [2.05, 4.69) is 17.0 Å². The van der Waals surface area contributed by atoms with Crippen LogP contribution in [0.4, 0.5) is 5.69 Å². The number of amides is 2. The van der Waals surface area contributed by atoms with E-state index in [0.29, 0.717) is 39.8 Å². The average molecular weight is 517 g/mol. The predicted octanol–water partition coefficient (Wildman–Crippen LogP) is 4.45. The van der Waals surface area contributed by atoms with Crippen molar-refractivity contribution in [1.29, 1.82) is 0 Å². The Balaban J connectivity index is 1.39. The van der Waals surface area contributed by atoms with Crippen LogP contribution in [0, 0.1) is 0 Å². The molecule has 1 unspecified atom stereocenters. The summed E-state index contributed by atoms with van der Waals surface area (Å²) in [5, 5.41) is 8.67. The van der Waals surface area contributed by atoms with Crippen molar-refractivity contribution in [3.63, 3.8) is 0 Å². The summed E-state index contributed by atoms with van der Waals surface area (Å²) in [4.78, 5) is 28.4. The molecular weight excluding hydrogens is 492 g/mol. The molecule has 37 heavy (non-hydrogen) atoms. The fourth-order valence-electron chi connectivity index (χ4n) is 4.36. The van der Waals surface area contributed by atoms with Gasteiger partial charge in [0.15, 0.2) is 11.5 Å². The van der Waals surface area contributed by atoms with Gasteiger partial charge in [0.1, 0.15) is 12.6 Å². The van der Waals surface area contributed by atoms with Crippen molar-refractivity contribution in [2.24, 2.45) is 0 Å². The lowest BCUT2D eigenvalue weighted by Crippen LogP contribution is -2.49. The van der Waals surface area contributed by atoms with Crippen LogP contribution in [-0.2, 0) is 22.6 Å². The van der Waals surface area contributed by atoms with E-state index in [0.717, 1.165) is 10.9 Å². The maximum Gasteiger partial charge on any atom is 0.249 e. The van der Waals surface area contributed by atoms with Gasteiger partial charge in [-0.2, -0.15) is 5.10 Å². The summed E-state index contributed by atoms with van der Waals surface area (Å²) in [6.07, 6.45) is 1.93. The lowest BCUT2D eigenvalue weighted by atomic mass is 10.0. The number of anilines is 1. The number of nitrogens with one attached hydrogen (secondary N) is 1. The van der Waals surface area contributed by atoms with E-state index in [1.165, 1.54) is 4.90 Å². The van der Waals surface area contributed by atoms with Gasteiger partial charge in [0, 0.05) is 30.6 Å². The molecule has 4 aromatic rings. The SMILES string of the molecule is C=Cc1nn(CC(=O)NC(Cc2ccccc2)C(=O)N(C)c2ccc3c(c2)OCO3)c2cccc(Cl)c12. The highest BCUT2D eigenvalue weighted by molar-refractivity contribution is 6.35. The van der Waals surface area contributed by atoms with E-state index in [1.807, 2.05) is 36.4 Å². The topological polar surface area (TPSA) is 85.7 Å². The smallest absolute Gasteiger partial charge is 0.249 e. The Morgan fingerprint density at radius 3 is 2.70 bits per heavy atom. The molecule has 9 heteroatoms. The van der Waals surface area contributed by atoms with E-state index in [-0.39, 0.29) is 25.2 Å². The number of likely N-dealkylation sites (N-methyl/N-ethyl adjacent to an activating group) is 1. The van der Waals surface area contributed by atoms with E-state index in [4.69, 9.17) is 21.1 Å². The van der Waals surface area contributed by atoms with Crippen molar-refractivity contribution < 1.29 is 19.1 Å². The summed E-state index contributed by atoms with van der Waals surface area (Å²) in [6, 6.07) is 19.4. The van der Waals surface area contributed by atoms with E-state index in [9.17, 15) is 9.59 Å². The zero-order chi connectivity index (χ0) is 25.9. The Hall–Kier alpha value is -4.30. The summed E-state index contributed by atoms with van der Waals surface area (Å²) in [5.74, 6) is 0.580. The van der Waals surface area contributed by atoms with Gasteiger partial charge in [-0.25, -0.2) is 0 Å². The molecule has 0 radical (unpaired) electrons. The van der Waals surface area contributed by atoms with Gasteiger partial charge in [0.25, 0.3) is 0 Å². The Labute approximate surface area is 219 Å². The molecule has 3 aromatic carbocycles. The van der Waals surface area contributed by atoms with Gasteiger partial charge in [-0.1, -0.05) is 54.6 Å². The molecule has 2 amide bonds. The Morgan fingerprint density at radius 2 is 1.92 bits per heavy atom. The standard InChI is InChI=1S/C28H25ClN4O4/c1-3-21-27-20(29)10-7-11-23(27)33(31-21)16-26(34)30-22(14-18-8-5-4-6-9-18)28(35)32(2)19-12-13-24-25(15-19)37-17-36-24/h3-13,15,22H,1,14,16-17H2,2H3,(H,30,34). The molecule has 0 saturated heterocycles. The minimum Gasteiger partial charge on any atom is -0.454 e. The number of benzene rings is 3. The van der Waals surface area contributed by atoms with Crippen LogP contribution >= 0.6 is 11.6 Å². The second-order valence-electron chi connectivity index (χ2n) is 8.63. The van der Waals surface area contributed by atoms with Crippen LogP contribution in [0.25, 0.3) is 17.0 Å². The van der Waals surface area contributed by atoms with Crippen LogP contribution in [0.15, 0.2) is 73.3 Å². The van der Waals surface area contributed by atoms with Crippen LogP contribution < -0.4 is 19.7 Å². The fourth-order valence-corrected chi connectivity index (χ4v) is 4.63. The number of carbonyl (C=O) groups is 2. The number of aromatic nitrogens is 2. The minimum atomic E-state index is -0.811. The number of fused-ring (bicyclic) bond motifs is 2. The van der Waals surface area contributed by atoms with Crippen LogP contribution in [0.3, 0.4) is 0 Å². The number of nitrogens with zero attached hydrogens (tertiary/aromatic N) is 3. The maximum absolute atomic E-state index is 13.6. The van der Waals surface area contributed by atoms with Gasteiger partial charge < -0.3 is 19.7 Å². The van der Waals surface area contributed by atoms with Crippen LogP contribution in [-0.4, -0.2) is 41.5 Å². The van der Waals surface area contributed by atoms with Crippen molar-refractivity contribution in [1.82, 2.24) is 15.1 Å². The van der Waals surface area contributed by atoms with E-state index >= 15 is 0 Å². The molecule has 0 saturated carbocycles. The van der Waals surface area contributed by atoms with Gasteiger partial charge in [0.2, 0.25) is 18.6 Å². The second kappa shape index (κ2) is 10.4. The van der Waals surface area contributed by atoms with Crippen molar-refractivity contribution in [3.05, 3.63) is 89.6 Å². The summed E-state index contributed by atoms with van der Waals surface area (Å²) in [6.45, 7) is 3.86. The Kier molecular flexibility index (Phi) is 6.83. The van der Waals surface area contributed by atoms with Gasteiger partial charge >= 0.3 is 0 Å². The van der Waals surface area contributed by atoms with Gasteiger partial charge in [-0.05, 0) is 35.9 Å². The van der Waals surface area contributed by atoms with Crippen LogP contribution in [0.2, 0.25) is 5.02 Å². The molecule has 0 bridgehead atoms. The van der Waals surface area contributed by atoms with Crippen LogP contribution in [0.5, 0.6) is 11.5 Å². The quantitative estimate of drug-likeness (QED) is 0.374. The first-order valence-corrected chi connectivity index (χ1v) is 12.1. The normalized spacial score (nSPS) is 12.8. The molecule has 5 rings (SSSR count). The molecule has 0 spiro atoms. The molecule has 1 atom stereocenters. The average Bonchev–Trinajstić information content (AvgIpc) is 3.52. The summed E-state index contributed by atoms with van der Waals surface area (Å²) in [5.41, 5.74) is 2.85. The molecule has 1 N–H and O–H groups in total. The molecule has 0 fully saturated rings. The molecule has 8 nitrogen and oxygen atoms in total. The molecule has 2 heterocycles. The van der Waals surface area contributed by atoms with Crippen molar-refractivity contribution in [3.8, 4) is 11.5 Å². The van der Waals surface area contributed by atoms with Gasteiger partial charge in [-0.3, -0.25) is 14.3 Å². The van der Waals surface area contributed by atoms with Crippen LogP contribution in [0.1, 0.15) is 11.3 Å². The van der Waals surface area contributed by atoms with E-state index < -0.39 is 6.04 Å². The van der Waals surface area contributed by atoms with Crippen molar-refractivity contribution in [2.45, 2.75) is 19.0 Å². The number of carbonyl (C=O) groups excluding carboxylic acids is 2. The first kappa shape index (κ1) is 24.4. The van der Waals surface area contributed by atoms with Crippen molar-refractivity contribution >= 4 is 46.1 Å². The summed E-state index contributed by atoms with van der Waals surface area (Å²) >= 11 is 6.37. The van der Waals surface area contributed by atoms with Crippen molar-refractivity contribution in [2.75, 3.05) is 18.7 Å². The lowest BCUT2D eigenvalue weighted by molar-refractivity contribution is -0.127. The molecular formula is C28H25ClN4O4. The zero-order valence-corrected chi connectivity index (χ0v) is 20.9. The first-order valence-electron chi connectivity index (χ1n) is 11.7. The molecule has 1 aromatic heterocycles. The van der Waals surface area contributed by atoms with Gasteiger partial charge in [-0.15, -0.1) is 0 Å². The fraction of sp³-hybridized carbons (Fsp3) is 0.179. The number of halogens is 1. The second-order valence-corrected chi connectivity index (χ2v) is 9.03. The highest BCUT2D eigenvalue weighted by atomic mass is 35.5. The molecule has 188 valence electrons. The predicted molar refractivity (Wildman–Crippen MR) is 143 cm³/mol. The Bertz CT molecular complexity index is 1480. The maximum atomic E-state index is 13.6. The zero-order valence-electron chi connectivity index (χ0n) is 20.2. The highest BCUT2D eigenvalue weighted by Crippen LogP contribution is 2.35. The number of hydrogen-bond donors (Lipinski definition) is 1. The van der Waals surface area contributed by atoms with Gasteiger partial charge in [0.05, 0.1) is 16.2 Å². The first-order chi connectivity index (χ1) is 17.9. The molecule has 0 aliphatic carbocycles. The highest BCUT2D eigenvalue weighted by Gasteiger charge is 2.27. The van der Waals surface area contributed by atoms with E-state index in [1.54, 1.807) is 48.1 Å². The summed E-state index contributed by atoms with van der Waals surface area (Å²) < 4.78 is 12.4. The Morgan fingerprint density at radius 1 is 1.14 bits per heavy atom. The molecule has 1 aliphatic rings. The summed E-state index contributed by atoms with van der Waals surface area (Å²) in [7, 11) is 1.67. The largest absolute Gasteiger partial charge is 0.454 e. The minimum absolute atomic E-state index is 0.0863. The third kappa shape index (κ3) is 5.01. The third-order valence-electron chi connectivity index (χ3n) is 6.23. The number of ether oxygens (including phenoxy) is 2.